The van der Waals surface area contributed by atoms with Crippen molar-refractivity contribution in [1.29, 1.82) is 0 Å². The number of carbonyl (C=O) groups is 4. The number of anilines is 1. The molecule has 11 heteroatoms. The zero-order chi connectivity index (χ0) is 27.9. The molecule has 2 rings (SSSR count). The predicted octanol–water partition coefficient (Wildman–Crippen LogP) is 1.36. The lowest BCUT2D eigenvalue weighted by Gasteiger charge is -2.26. The Labute approximate surface area is 225 Å². The van der Waals surface area contributed by atoms with Crippen molar-refractivity contribution in [1.82, 2.24) is 21.3 Å². The van der Waals surface area contributed by atoms with E-state index in [0.717, 1.165) is 38.8 Å². The molecule has 1 aromatic rings. The van der Waals surface area contributed by atoms with E-state index in [2.05, 4.69) is 26.6 Å². The van der Waals surface area contributed by atoms with Crippen LogP contribution in [0.3, 0.4) is 0 Å². The summed E-state index contributed by atoms with van der Waals surface area (Å²) in [5, 5.41) is 23.4. The number of hydrogen-bond acceptors (Lipinski definition) is 6. The Kier molecular flexibility index (Phi) is 13.6. The number of nitrogens with two attached hydrogens (primary N) is 1. The number of primary amides is 1. The van der Waals surface area contributed by atoms with Crippen molar-refractivity contribution in [3.8, 4) is 0 Å². The van der Waals surface area contributed by atoms with Crippen LogP contribution in [-0.4, -0.2) is 60.6 Å². The second kappa shape index (κ2) is 16.6. The highest BCUT2D eigenvalue weighted by Gasteiger charge is 2.29. The number of hydrogen-bond donors (Lipinski definition) is 7. The van der Waals surface area contributed by atoms with E-state index in [9.17, 15) is 24.3 Å². The molecule has 1 saturated heterocycles. The molecule has 0 bridgehead atoms. The Bertz CT molecular complexity index is 902. The molecule has 11 nitrogen and oxygen atoms in total. The summed E-state index contributed by atoms with van der Waals surface area (Å²) >= 11 is 0. The average Bonchev–Trinajstić information content (AvgIpc) is 2.89. The summed E-state index contributed by atoms with van der Waals surface area (Å²) in [5.41, 5.74) is 6.34. The van der Waals surface area contributed by atoms with Gasteiger partial charge in [-0.3, -0.25) is 14.4 Å². The second-order valence-corrected chi connectivity index (χ2v) is 10.2. The van der Waals surface area contributed by atoms with Crippen LogP contribution in [0.4, 0.5) is 10.5 Å². The molecule has 0 aliphatic carbocycles. The van der Waals surface area contributed by atoms with E-state index in [1.54, 1.807) is 24.3 Å². The van der Waals surface area contributed by atoms with Gasteiger partial charge in [-0.15, -0.1) is 0 Å². The molecule has 1 aliphatic heterocycles. The van der Waals surface area contributed by atoms with Gasteiger partial charge in [0.2, 0.25) is 17.7 Å². The van der Waals surface area contributed by atoms with Gasteiger partial charge in [-0.05, 0) is 81.1 Å². The molecule has 0 spiro atoms. The first kappa shape index (κ1) is 31.0. The number of nitrogens with one attached hydrogen (secondary N) is 5. The molecule has 1 fully saturated rings. The van der Waals surface area contributed by atoms with Crippen LogP contribution in [0.2, 0.25) is 0 Å². The van der Waals surface area contributed by atoms with Gasteiger partial charge in [0.15, 0.2) is 0 Å². The topological polar surface area (TPSA) is 175 Å². The minimum absolute atomic E-state index is 0.111. The Hall–Kier alpha value is -3.18. The van der Waals surface area contributed by atoms with Crippen LogP contribution in [0.5, 0.6) is 0 Å². The van der Waals surface area contributed by atoms with Gasteiger partial charge in [-0.1, -0.05) is 26.0 Å². The number of aliphatic hydroxyl groups excluding tert-OH is 1. The molecule has 8 N–H and O–H groups in total. The van der Waals surface area contributed by atoms with Crippen LogP contribution in [0.25, 0.3) is 0 Å². The number of rotatable bonds is 15. The van der Waals surface area contributed by atoms with Gasteiger partial charge < -0.3 is 37.4 Å². The van der Waals surface area contributed by atoms with Crippen LogP contribution in [0.1, 0.15) is 64.4 Å². The van der Waals surface area contributed by atoms with E-state index < -0.39 is 29.9 Å². The van der Waals surface area contributed by atoms with Crippen LogP contribution in [0.15, 0.2) is 24.3 Å². The van der Waals surface area contributed by atoms with Gasteiger partial charge in [0.1, 0.15) is 12.1 Å². The molecule has 1 aromatic carbocycles. The van der Waals surface area contributed by atoms with E-state index in [0.29, 0.717) is 30.0 Å². The number of carbonyl (C=O) groups excluding carboxylic acids is 4. The minimum Gasteiger partial charge on any atom is -0.392 e. The first-order chi connectivity index (χ1) is 18.2. The van der Waals surface area contributed by atoms with Crippen molar-refractivity contribution < 1.29 is 24.3 Å². The van der Waals surface area contributed by atoms with Gasteiger partial charge >= 0.3 is 6.03 Å². The zero-order valence-electron chi connectivity index (χ0n) is 22.6. The van der Waals surface area contributed by atoms with Crippen LogP contribution in [-0.2, 0) is 21.0 Å². The summed E-state index contributed by atoms with van der Waals surface area (Å²) < 4.78 is 0. The summed E-state index contributed by atoms with van der Waals surface area (Å²) in [6.45, 7) is 5.87. The Morgan fingerprint density at radius 3 is 2.32 bits per heavy atom. The van der Waals surface area contributed by atoms with E-state index in [1.807, 2.05) is 13.8 Å². The van der Waals surface area contributed by atoms with Gasteiger partial charge in [0.05, 0.1) is 6.61 Å². The van der Waals surface area contributed by atoms with E-state index in [-0.39, 0.29) is 31.4 Å². The van der Waals surface area contributed by atoms with Crippen LogP contribution < -0.4 is 32.3 Å². The molecular formula is C27H44N6O5. The molecule has 1 heterocycles. The Morgan fingerprint density at radius 1 is 1.03 bits per heavy atom. The molecule has 0 unspecified atom stereocenters. The lowest BCUT2D eigenvalue weighted by molar-refractivity contribution is -0.132. The SMILES string of the molecule is CC(C)[C@H](NC(=O)CCCC1CCNCC1)C(=O)N[C@@H](CCCNC(N)=O)C(=O)Nc1ccc(CO)cc1. The summed E-state index contributed by atoms with van der Waals surface area (Å²) in [4.78, 5) is 49.9. The quantitative estimate of drug-likeness (QED) is 0.168. The van der Waals surface area contributed by atoms with Crippen molar-refractivity contribution in [2.24, 2.45) is 17.6 Å². The van der Waals surface area contributed by atoms with Crippen molar-refractivity contribution in [2.45, 2.75) is 77.5 Å². The van der Waals surface area contributed by atoms with E-state index in [4.69, 9.17) is 5.73 Å². The Balaban J connectivity index is 1.96. The highest BCUT2D eigenvalue weighted by atomic mass is 16.3. The maximum Gasteiger partial charge on any atom is 0.312 e. The largest absolute Gasteiger partial charge is 0.392 e. The minimum atomic E-state index is -0.896. The van der Waals surface area contributed by atoms with Crippen molar-refractivity contribution in [3.63, 3.8) is 0 Å². The zero-order valence-corrected chi connectivity index (χ0v) is 22.6. The maximum atomic E-state index is 13.2. The smallest absolute Gasteiger partial charge is 0.312 e. The molecule has 1 aliphatic rings. The molecule has 38 heavy (non-hydrogen) atoms. The van der Waals surface area contributed by atoms with Crippen LogP contribution in [0, 0.1) is 11.8 Å². The number of amides is 5. The van der Waals surface area contributed by atoms with Gasteiger partial charge in [-0.2, -0.15) is 0 Å². The molecule has 0 radical (unpaired) electrons. The first-order valence-corrected chi connectivity index (χ1v) is 13.5. The standard InChI is InChI=1S/C27H44N6O5/c1-18(2)24(33-23(35)7-3-5-19-12-15-29-16-13-19)26(37)32-22(6-4-14-30-27(28)38)25(36)31-21-10-8-20(17-34)9-11-21/h8-11,18-19,22,24,29,34H,3-7,12-17H2,1-2H3,(H,31,36)(H,32,37)(H,33,35)(H3,28,30,38)/t22-,24-/m0/s1. The van der Waals surface area contributed by atoms with Gasteiger partial charge in [-0.25, -0.2) is 4.79 Å². The van der Waals surface area contributed by atoms with Crippen LogP contribution >= 0.6 is 0 Å². The number of benzene rings is 1. The third-order valence-electron chi connectivity index (χ3n) is 6.75. The molecule has 2 atom stereocenters. The Morgan fingerprint density at radius 2 is 1.71 bits per heavy atom. The summed E-state index contributed by atoms with van der Waals surface area (Å²) in [7, 11) is 0. The van der Waals surface area contributed by atoms with Crippen molar-refractivity contribution in [2.75, 3.05) is 25.0 Å². The summed E-state index contributed by atoms with van der Waals surface area (Å²) in [5.74, 6) is -0.593. The highest BCUT2D eigenvalue weighted by molar-refractivity contribution is 5.98. The number of urea groups is 1. The molecule has 0 aromatic heterocycles. The fourth-order valence-corrected chi connectivity index (χ4v) is 4.47. The molecule has 0 saturated carbocycles. The summed E-state index contributed by atoms with van der Waals surface area (Å²) in [6.07, 6.45) is 5.03. The average molecular weight is 533 g/mol. The lowest BCUT2D eigenvalue weighted by Crippen LogP contribution is -2.54. The third kappa shape index (κ3) is 11.5. The fourth-order valence-electron chi connectivity index (χ4n) is 4.47. The van der Waals surface area contributed by atoms with Gasteiger partial charge in [0, 0.05) is 18.7 Å². The highest BCUT2D eigenvalue weighted by Crippen LogP contribution is 2.19. The van der Waals surface area contributed by atoms with E-state index >= 15 is 0 Å². The number of aliphatic hydroxyl groups is 1. The molecule has 212 valence electrons. The number of piperidine rings is 1. The second-order valence-electron chi connectivity index (χ2n) is 10.2. The van der Waals surface area contributed by atoms with Crippen molar-refractivity contribution in [3.05, 3.63) is 29.8 Å². The van der Waals surface area contributed by atoms with Crippen molar-refractivity contribution >= 4 is 29.4 Å². The third-order valence-corrected chi connectivity index (χ3v) is 6.75. The normalized spacial score (nSPS) is 15.4. The first-order valence-electron chi connectivity index (χ1n) is 13.5. The molecule has 5 amide bonds. The maximum absolute atomic E-state index is 13.2. The molecular weight excluding hydrogens is 488 g/mol. The predicted molar refractivity (Wildman–Crippen MR) is 146 cm³/mol. The fraction of sp³-hybridized carbons (Fsp3) is 0.630. The summed E-state index contributed by atoms with van der Waals surface area (Å²) in [6, 6.07) is 4.36. The lowest BCUT2D eigenvalue weighted by atomic mass is 9.92. The van der Waals surface area contributed by atoms with E-state index in [1.165, 1.54) is 0 Å². The van der Waals surface area contributed by atoms with Gasteiger partial charge in [0.25, 0.3) is 0 Å². The monoisotopic (exact) mass is 532 g/mol.